The molecule has 1 unspecified atom stereocenters. The molecule has 8 heteroatoms. The van der Waals surface area contributed by atoms with Crippen LogP contribution in [0.3, 0.4) is 0 Å². The molecule has 1 aliphatic rings. The van der Waals surface area contributed by atoms with Crippen molar-refractivity contribution in [3.05, 3.63) is 59.9 Å². The second-order valence-corrected chi connectivity index (χ2v) is 7.13. The molecule has 1 atom stereocenters. The Morgan fingerprint density at radius 1 is 1.17 bits per heavy atom. The van der Waals surface area contributed by atoms with Gasteiger partial charge in [0.25, 0.3) is 11.8 Å². The number of nitrogens with one attached hydrogen (secondary N) is 2. The molecule has 0 radical (unpaired) electrons. The van der Waals surface area contributed by atoms with E-state index in [0.29, 0.717) is 30.3 Å². The van der Waals surface area contributed by atoms with E-state index in [1.54, 1.807) is 36.4 Å². The van der Waals surface area contributed by atoms with Crippen LogP contribution in [0, 0.1) is 11.7 Å². The molecule has 0 saturated carbocycles. The molecular formula is C22H27ClFN3O3. The number of hydrogen-bond donors (Lipinski definition) is 2. The summed E-state index contributed by atoms with van der Waals surface area (Å²) in [5, 5.41) is 5.64. The molecule has 0 aromatic heterocycles. The van der Waals surface area contributed by atoms with Crippen LogP contribution in [0.15, 0.2) is 48.5 Å². The number of piperidine rings is 1. The van der Waals surface area contributed by atoms with Crippen LogP contribution < -0.4 is 15.4 Å². The van der Waals surface area contributed by atoms with Gasteiger partial charge >= 0.3 is 0 Å². The smallest absolute Gasteiger partial charge is 0.262 e. The fraction of sp³-hybridized carbons (Fsp3) is 0.364. The Morgan fingerprint density at radius 2 is 1.90 bits per heavy atom. The largest absolute Gasteiger partial charge is 0.483 e. The molecule has 0 spiro atoms. The number of carbonyl (C=O) groups is 2. The van der Waals surface area contributed by atoms with Crippen LogP contribution in [0.5, 0.6) is 5.75 Å². The number of halogens is 2. The second kappa shape index (κ2) is 11.5. The van der Waals surface area contributed by atoms with Gasteiger partial charge in [-0.2, -0.15) is 0 Å². The molecule has 3 rings (SSSR count). The van der Waals surface area contributed by atoms with E-state index in [0.717, 1.165) is 19.4 Å². The van der Waals surface area contributed by atoms with Gasteiger partial charge in [0.2, 0.25) is 0 Å². The minimum Gasteiger partial charge on any atom is -0.483 e. The molecule has 1 heterocycles. The van der Waals surface area contributed by atoms with E-state index in [1.807, 2.05) is 11.9 Å². The molecule has 30 heavy (non-hydrogen) atoms. The first-order chi connectivity index (χ1) is 14.1. The van der Waals surface area contributed by atoms with Crippen LogP contribution in [0.2, 0.25) is 0 Å². The van der Waals surface area contributed by atoms with Crippen molar-refractivity contribution >= 4 is 29.9 Å². The third-order valence-electron chi connectivity index (χ3n) is 4.92. The number of hydrogen-bond acceptors (Lipinski definition) is 4. The summed E-state index contributed by atoms with van der Waals surface area (Å²) in [6, 6.07) is 12.8. The van der Waals surface area contributed by atoms with E-state index in [1.165, 1.54) is 12.1 Å². The number of ether oxygens (including phenoxy) is 1. The van der Waals surface area contributed by atoms with Crippen molar-refractivity contribution in [1.82, 2.24) is 10.2 Å². The van der Waals surface area contributed by atoms with Crippen LogP contribution in [0.25, 0.3) is 0 Å². The van der Waals surface area contributed by atoms with Gasteiger partial charge in [0.05, 0.1) is 11.3 Å². The third kappa shape index (κ3) is 6.18. The number of rotatable bonds is 7. The highest BCUT2D eigenvalue weighted by molar-refractivity contribution is 5.97. The maximum absolute atomic E-state index is 13.7. The van der Waals surface area contributed by atoms with E-state index in [4.69, 9.17) is 4.74 Å². The number of anilines is 1. The molecule has 162 valence electrons. The molecule has 1 aliphatic heterocycles. The normalized spacial score (nSPS) is 15.8. The van der Waals surface area contributed by atoms with E-state index in [2.05, 4.69) is 10.6 Å². The summed E-state index contributed by atoms with van der Waals surface area (Å²) in [4.78, 5) is 27.0. The number of carbonyl (C=O) groups excluding carboxylic acids is 2. The van der Waals surface area contributed by atoms with Crippen molar-refractivity contribution in [2.45, 2.75) is 12.8 Å². The lowest BCUT2D eigenvalue weighted by Gasteiger charge is -2.33. The molecule has 2 aromatic rings. The molecular weight excluding hydrogens is 409 g/mol. The Labute approximate surface area is 182 Å². The van der Waals surface area contributed by atoms with Crippen LogP contribution in [0.1, 0.15) is 23.2 Å². The zero-order valence-electron chi connectivity index (χ0n) is 16.9. The quantitative estimate of drug-likeness (QED) is 0.699. The summed E-state index contributed by atoms with van der Waals surface area (Å²) in [7, 11) is 1.91. The third-order valence-corrected chi connectivity index (χ3v) is 4.92. The number of likely N-dealkylation sites (tertiary alicyclic amines) is 1. The Balaban J connectivity index is 0.00000320. The monoisotopic (exact) mass is 435 g/mol. The van der Waals surface area contributed by atoms with Crippen molar-refractivity contribution in [2.24, 2.45) is 5.92 Å². The summed E-state index contributed by atoms with van der Waals surface area (Å²) in [6.07, 6.45) is 2.06. The number of para-hydroxylation sites is 2. The van der Waals surface area contributed by atoms with E-state index in [-0.39, 0.29) is 30.6 Å². The highest BCUT2D eigenvalue weighted by Crippen LogP contribution is 2.24. The molecule has 0 aliphatic carbocycles. The van der Waals surface area contributed by atoms with Gasteiger partial charge in [0.1, 0.15) is 11.6 Å². The second-order valence-electron chi connectivity index (χ2n) is 7.13. The fourth-order valence-corrected chi connectivity index (χ4v) is 3.54. The lowest BCUT2D eigenvalue weighted by molar-refractivity contribution is -0.118. The topological polar surface area (TPSA) is 70.7 Å². The summed E-state index contributed by atoms with van der Waals surface area (Å²) >= 11 is 0. The number of amides is 2. The average molecular weight is 436 g/mol. The van der Waals surface area contributed by atoms with Crippen LogP contribution >= 0.6 is 12.4 Å². The number of benzene rings is 2. The Bertz CT molecular complexity index is 863. The first-order valence-electron chi connectivity index (χ1n) is 9.78. The van der Waals surface area contributed by atoms with Crippen LogP contribution in [-0.2, 0) is 4.79 Å². The van der Waals surface area contributed by atoms with E-state index < -0.39 is 11.7 Å². The minimum absolute atomic E-state index is 0. The van der Waals surface area contributed by atoms with Gasteiger partial charge < -0.3 is 20.3 Å². The Morgan fingerprint density at radius 3 is 2.67 bits per heavy atom. The maximum Gasteiger partial charge on any atom is 0.262 e. The first kappa shape index (κ1) is 23.6. The van der Waals surface area contributed by atoms with Gasteiger partial charge in [-0.15, -0.1) is 12.4 Å². The van der Waals surface area contributed by atoms with Crippen molar-refractivity contribution in [1.29, 1.82) is 0 Å². The Hall–Kier alpha value is -2.64. The number of nitrogens with zero attached hydrogens (tertiary/aromatic N) is 1. The van der Waals surface area contributed by atoms with E-state index >= 15 is 0 Å². The molecule has 6 nitrogen and oxygen atoms in total. The summed E-state index contributed by atoms with van der Waals surface area (Å²) in [5.74, 6) is -0.341. The zero-order valence-corrected chi connectivity index (χ0v) is 17.7. The molecule has 2 aromatic carbocycles. The molecule has 1 saturated heterocycles. The Kier molecular flexibility index (Phi) is 9.08. The lowest BCUT2D eigenvalue weighted by atomic mass is 9.97. The van der Waals surface area contributed by atoms with Crippen molar-refractivity contribution < 1.29 is 18.7 Å². The van der Waals surface area contributed by atoms with Gasteiger partial charge in [-0.25, -0.2) is 4.39 Å². The van der Waals surface area contributed by atoms with Gasteiger partial charge in [-0.05, 0) is 56.6 Å². The predicted molar refractivity (Wildman–Crippen MR) is 117 cm³/mol. The van der Waals surface area contributed by atoms with Gasteiger partial charge in [0, 0.05) is 13.1 Å². The van der Waals surface area contributed by atoms with Crippen molar-refractivity contribution in [3.8, 4) is 5.75 Å². The standard InChI is InChI=1S/C22H26FN3O3.ClH/c1-24-13-16-7-6-12-26(14-16)22(28)17-8-2-5-11-20(17)29-15-21(27)25-19-10-4-3-9-18(19)23;/h2-5,8-11,16,24H,6-7,12-15H2,1H3,(H,25,27);1H. The van der Waals surface area contributed by atoms with Crippen molar-refractivity contribution in [3.63, 3.8) is 0 Å². The fourth-order valence-electron chi connectivity index (χ4n) is 3.54. The molecule has 2 N–H and O–H groups in total. The lowest BCUT2D eigenvalue weighted by Crippen LogP contribution is -2.42. The minimum atomic E-state index is -0.516. The summed E-state index contributed by atoms with van der Waals surface area (Å²) in [6.45, 7) is 1.96. The maximum atomic E-state index is 13.7. The molecule has 1 fully saturated rings. The van der Waals surface area contributed by atoms with E-state index in [9.17, 15) is 14.0 Å². The van der Waals surface area contributed by atoms with Gasteiger partial charge in [-0.1, -0.05) is 24.3 Å². The van der Waals surface area contributed by atoms with Crippen molar-refractivity contribution in [2.75, 3.05) is 38.6 Å². The zero-order chi connectivity index (χ0) is 20.6. The first-order valence-corrected chi connectivity index (χ1v) is 9.78. The summed E-state index contributed by atoms with van der Waals surface area (Å²) < 4.78 is 19.3. The molecule has 0 bridgehead atoms. The van der Waals surface area contributed by atoms with Crippen LogP contribution in [-0.4, -0.2) is 50.0 Å². The van der Waals surface area contributed by atoms with Gasteiger partial charge in [-0.3, -0.25) is 9.59 Å². The van der Waals surface area contributed by atoms with Crippen LogP contribution in [0.4, 0.5) is 10.1 Å². The highest BCUT2D eigenvalue weighted by Gasteiger charge is 2.26. The average Bonchev–Trinajstić information content (AvgIpc) is 2.74. The SMILES string of the molecule is CNCC1CCCN(C(=O)c2ccccc2OCC(=O)Nc2ccccc2F)C1.Cl. The van der Waals surface area contributed by atoms with Gasteiger partial charge in [0.15, 0.2) is 6.61 Å². The predicted octanol–water partition coefficient (Wildman–Crippen LogP) is 3.34. The summed E-state index contributed by atoms with van der Waals surface area (Å²) in [5.41, 5.74) is 0.519. The molecule has 2 amide bonds. The highest BCUT2D eigenvalue weighted by atomic mass is 35.5.